The van der Waals surface area contributed by atoms with Crippen LogP contribution in [0, 0.1) is 6.92 Å². The molecular weight excluding hydrogens is 376 g/mol. The first-order chi connectivity index (χ1) is 9.62. The van der Waals surface area contributed by atoms with Crippen LogP contribution in [0.3, 0.4) is 0 Å². The van der Waals surface area contributed by atoms with Crippen molar-refractivity contribution in [2.45, 2.75) is 38.8 Å². The summed E-state index contributed by atoms with van der Waals surface area (Å²) in [4.78, 5) is 4.47. The van der Waals surface area contributed by atoms with Crippen LogP contribution in [-0.4, -0.2) is 30.1 Å². The van der Waals surface area contributed by atoms with Gasteiger partial charge < -0.3 is 9.84 Å². The predicted octanol–water partition coefficient (Wildman–Crippen LogP) is 4.06. The van der Waals surface area contributed by atoms with Gasteiger partial charge in [-0.1, -0.05) is 12.1 Å². The summed E-state index contributed by atoms with van der Waals surface area (Å²) in [6.45, 7) is 4.68. The van der Waals surface area contributed by atoms with E-state index in [2.05, 4.69) is 4.99 Å². The molecule has 0 amide bonds. The normalized spacial score (nSPS) is 21.0. The zero-order chi connectivity index (χ0) is 15.0. The van der Waals surface area contributed by atoms with Gasteiger partial charge in [0.25, 0.3) is 0 Å². The summed E-state index contributed by atoms with van der Waals surface area (Å²) in [6.07, 6.45) is 4.15. The van der Waals surface area contributed by atoms with Gasteiger partial charge in [0, 0.05) is 18.4 Å². The Morgan fingerprint density at radius 2 is 2.10 bits per heavy atom. The van der Waals surface area contributed by atoms with E-state index in [1.54, 1.807) is 6.21 Å². The minimum atomic E-state index is -0.826. The zero-order valence-corrected chi connectivity index (χ0v) is 15.6. The maximum absolute atomic E-state index is 9.82. The van der Waals surface area contributed by atoms with E-state index in [1.807, 2.05) is 32.0 Å². The van der Waals surface area contributed by atoms with Crippen LogP contribution in [0.25, 0.3) is 0 Å². The van der Waals surface area contributed by atoms with Gasteiger partial charge in [0.1, 0.15) is 5.75 Å². The SMILES string of the molecule is CCOC1CC(N=Cc2cccc(C)c2O)C1.[Cl][Zr][Cl]. The summed E-state index contributed by atoms with van der Waals surface area (Å²) < 4.78 is 5.48. The summed E-state index contributed by atoms with van der Waals surface area (Å²) in [6, 6.07) is 6.05. The molecule has 1 saturated carbocycles. The van der Waals surface area contributed by atoms with E-state index < -0.39 is 20.8 Å². The number of hydrogen-bond acceptors (Lipinski definition) is 3. The van der Waals surface area contributed by atoms with E-state index in [0.29, 0.717) is 17.9 Å². The van der Waals surface area contributed by atoms with E-state index in [9.17, 15) is 5.11 Å². The molecule has 1 fully saturated rings. The molecule has 1 aromatic carbocycles. The van der Waals surface area contributed by atoms with Crippen molar-refractivity contribution in [3.8, 4) is 5.75 Å². The number of nitrogens with zero attached hydrogens (tertiary/aromatic N) is 1. The van der Waals surface area contributed by atoms with Crippen LogP contribution in [0.4, 0.5) is 0 Å². The summed E-state index contributed by atoms with van der Waals surface area (Å²) in [5.74, 6) is 0.330. The molecule has 0 heterocycles. The molecule has 0 aliphatic heterocycles. The molecule has 6 heteroatoms. The Morgan fingerprint density at radius 3 is 2.70 bits per heavy atom. The molecule has 1 aliphatic rings. The van der Waals surface area contributed by atoms with Crippen molar-refractivity contribution in [2.75, 3.05) is 6.61 Å². The fraction of sp³-hybridized carbons (Fsp3) is 0.500. The third kappa shape index (κ3) is 5.85. The van der Waals surface area contributed by atoms with Crippen LogP contribution in [-0.2, 0) is 25.6 Å². The van der Waals surface area contributed by atoms with Crippen molar-refractivity contribution in [1.29, 1.82) is 0 Å². The van der Waals surface area contributed by atoms with Gasteiger partial charge in [0.15, 0.2) is 0 Å². The molecule has 0 bridgehead atoms. The van der Waals surface area contributed by atoms with Crippen molar-refractivity contribution in [2.24, 2.45) is 4.99 Å². The fourth-order valence-electron chi connectivity index (χ4n) is 2.00. The monoisotopic (exact) mass is 393 g/mol. The number of para-hydroxylation sites is 1. The second-order valence-corrected chi connectivity index (χ2v) is 8.30. The van der Waals surface area contributed by atoms with Gasteiger partial charge in [-0.3, -0.25) is 4.99 Å². The van der Waals surface area contributed by atoms with Gasteiger partial charge in [-0.05, 0) is 38.3 Å². The van der Waals surface area contributed by atoms with Gasteiger partial charge in [-0.25, -0.2) is 0 Å². The van der Waals surface area contributed by atoms with E-state index in [4.69, 9.17) is 21.8 Å². The zero-order valence-electron chi connectivity index (χ0n) is 11.6. The number of phenolic OH excluding ortho intramolecular Hbond substituents is 1. The number of benzene rings is 1. The molecular formula is C14H19Cl2NO2Zr. The van der Waals surface area contributed by atoms with Gasteiger partial charge in [0.05, 0.1) is 12.1 Å². The Hall–Kier alpha value is 0.113. The molecule has 110 valence electrons. The predicted molar refractivity (Wildman–Crippen MR) is 80.6 cm³/mol. The second-order valence-electron chi connectivity index (χ2n) is 4.56. The molecule has 0 radical (unpaired) electrons. The molecule has 0 spiro atoms. The number of halogens is 2. The average molecular weight is 395 g/mol. The Labute approximate surface area is 139 Å². The van der Waals surface area contributed by atoms with E-state index in [1.165, 1.54) is 0 Å². The van der Waals surface area contributed by atoms with Crippen molar-refractivity contribution in [3.63, 3.8) is 0 Å². The second kappa shape index (κ2) is 9.94. The quantitative estimate of drug-likeness (QED) is 0.781. The standard InChI is InChI=1S/C14H19NO2.2ClH.Zr/c1-3-17-13-7-12(8-13)15-9-11-6-4-5-10(2)14(11)16;;;/h4-6,9,12-13,16H,3,7-8H2,1-2H3;2*1H;/q;;;+2/p-2. The molecule has 3 nitrogen and oxygen atoms in total. The average Bonchev–Trinajstić information content (AvgIpc) is 2.37. The van der Waals surface area contributed by atoms with Crippen LogP contribution in [0.1, 0.15) is 30.9 Å². The minimum absolute atomic E-state index is 0.330. The van der Waals surface area contributed by atoms with Crippen LogP contribution >= 0.6 is 17.0 Å². The van der Waals surface area contributed by atoms with E-state index in [0.717, 1.165) is 30.6 Å². The Bertz CT molecular complexity index is 437. The van der Waals surface area contributed by atoms with Crippen molar-refractivity contribution >= 4 is 23.2 Å². The van der Waals surface area contributed by atoms with Crippen LogP contribution < -0.4 is 0 Å². The first-order valence-corrected chi connectivity index (χ1v) is 12.8. The molecule has 0 aromatic heterocycles. The molecule has 1 aliphatic carbocycles. The van der Waals surface area contributed by atoms with Gasteiger partial charge in [-0.2, -0.15) is 0 Å². The topological polar surface area (TPSA) is 41.8 Å². The molecule has 0 unspecified atom stereocenters. The maximum atomic E-state index is 9.82. The Balaban J connectivity index is 0.000000612. The van der Waals surface area contributed by atoms with Gasteiger partial charge in [-0.15, -0.1) is 0 Å². The Morgan fingerprint density at radius 1 is 1.45 bits per heavy atom. The summed E-state index contributed by atoms with van der Waals surface area (Å²) >= 11 is -0.826. The first kappa shape index (κ1) is 18.2. The molecule has 0 atom stereocenters. The number of ether oxygens (including phenoxy) is 1. The third-order valence-electron chi connectivity index (χ3n) is 3.17. The third-order valence-corrected chi connectivity index (χ3v) is 3.17. The van der Waals surface area contributed by atoms with Crippen molar-refractivity contribution < 1.29 is 30.7 Å². The van der Waals surface area contributed by atoms with Gasteiger partial charge >= 0.3 is 37.9 Å². The summed E-state index contributed by atoms with van der Waals surface area (Å²) in [7, 11) is 9.87. The number of aromatic hydroxyl groups is 1. The fourth-order valence-corrected chi connectivity index (χ4v) is 2.00. The molecule has 20 heavy (non-hydrogen) atoms. The Kier molecular flexibility index (Phi) is 9.03. The van der Waals surface area contributed by atoms with Crippen molar-refractivity contribution in [1.82, 2.24) is 0 Å². The van der Waals surface area contributed by atoms with Crippen LogP contribution in [0.15, 0.2) is 23.2 Å². The number of hydrogen-bond donors (Lipinski definition) is 1. The first-order valence-electron chi connectivity index (χ1n) is 6.52. The summed E-state index contributed by atoms with van der Waals surface area (Å²) in [5, 5.41) is 9.82. The molecule has 0 saturated heterocycles. The number of aryl methyl sites for hydroxylation is 1. The number of rotatable bonds is 4. The molecule has 1 N–H and O–H groups in total. The number of aliphatic imine (C=N–C) groups is 1. The van der Waals surface area contributed by atoms with E-state index in [-0.39, 0.29) is 0 Å². The van der Waals surface area contributed by atoms with Crippen LogP contribution in [0.5, 0.6) is 5.75 Å². The molecule has 1 aromatic rings. The van der Waals surface area contributed by atoms with Crippen LogP contribution in [0.2, 0.25) is 0 Å². The number of phenols is 1. The summed E-state index contributed by atoms with van der Waals surface area (Å²) in [5.41, 5.74) is 1.68. The van der Waals surface area contributed by atoms with Crippen molar-refractivity contribution in [3.05, 3.63) is 29.3 Å². The molecule has 2 rings (SSSR count). The van der Waals surface area contributed by atoms with Gasteiger partial charge in [0.2, 0.25) is 0 Å². The van der Waals surface area contributed by atoms with E-state index >= 15 is 0 Å².